The highest BCUT2D eigenvalue weighted by Crippen LogP contribution is 2.13. The maximum atomic E-state index is 11.7. The smallest absolute Gasteiger partial charge is 0.330 e. The van der Waals surface area contributed by atoms with E-state index in [2.05, 4.69) is 40.3 Å². The van der Waals surface area contributed by atoms with Crippen LogP contribution in [0.1, 0.15) is 23.6 Å². The first-order valence-corrected chi connectivity index (χ1v) is 8.40. The molecule has 0 amide bonds. The predicted molar refractivity (Wildman–Crippen MR) is 106 cm³/mol. The third-order valence-electron chi connectivity index (χ3n) is 3.75. The molecule has 0 aliphatic rings. The van der Waals surface area contributed by atoms with Gasteiger partial charge in [-0.3, -0.25) is 0 Å². The summed E-state index contributed by atoms with van der Waals surface area (Å²) >= 11 is 0. The Kier molecular flexibility index (Phi) is 7.26. The van der Waals surface area contributed by atoms with E-state index < -0.39 is 18.1 Å². The Balaban J connectivity index is 2.03. The number of ether oxygens (including phenoxy) is 1. The van der Waals surface area contributed by atoms with Crippen LogP contribution in [0, 0.1) is 23.7 Å². The summed E-state index contributed by atoms with van der Waals surface area (Å²) in [5.74, 6) is 11.1. The van der Waals surface area contributed by atoms with Gasteiger partial charge in [-0.15, -0.1) is 0 Å². The maximum Gasteiger partial charge on any atom is 0.330 e. The largest absolute Gasteiger partial charge is 0.467 e. The van der Waals surface area contributed by atoms with Crippen LogP contribution in [0.3, 0.4) is 0 Å². The maximum absolute atomic E-state index is 11.7. The van der Waals surface area contributed by atoms with Crippen molar-refractivity contribution >= 4 is 11.7 Å². The second-order valence-electron chi connectivity index (χ2n) is 5.81. The van der Waals surface area contributed by atoms with Crippen LogP contribution in [0.25, 0.3) is 5.70 Å². The molecular formula is C23H21NO3. The van der Waals surface area contributed by atoms with Crippen LogP contribution >= 0.6 is 0 Å². The molecule has 136 valence electrons. The van der Waals surface area contributed by atoms with E-state index in [-0.39, 0.29) is 0 Å². The van der Waals surface area contributed by atoms with Crippen molar-refractivity contribution in [2.24, 2.45) is 0 Å². The van der Waals surface area contributed by atoms with E-state index in [0.717, 1.165) is 16.7 Å². The lowest BCUT2D eigenvalue weighted by Crippen LogP contribution is -2.44. The van der Waals surface area contributed by atoms with Crippen LogP contribution in [-0.4, -0.2) is 30.3 Å². The summed E-state index contributed by atoms with van der Waals surface area (Å²) < 4.78 is 4.68. The number of nitrogens with one attached hydrogen (secondary N) is 1. The van der Waals surface area contributed by atoms with Crippen LogP contribution in [0.2, 0.25) is 0 Å². The first-order chi connectivity index (χ1) is 13.0. The Morgan fingerprint density at radius 3 is 2.11 bits per heavy atom. The molecule has 0 fully saturated rings. The molecule has 2 aromatic rings. The molecule has 0 bridgehead atoms. The molecule has 0 radical (unpaired) electrons. The van der Waals surface area contributed by atoms with Gasteiger partial charge in [0.25, 0.3) is 0 Å². The second kappa shape index (κ2) is 9.87. The average Bonchev–Trinajstić information content (AvgIpc) is 2.69. The van der Waals surface area contributed by atoms with E-state index in [1.165, 1.54) is 14.0 Å². The molecule has 2 aromatic carbocycles. The molecule has 0 heterocycles. The molecule has 27 heavy (non-hydrogen) atoms. The molecule has 0 aliphatic carbocycles. The summed E-state index contributed by atoms with van der Waals surface area (Å²) in [6, 6.07) is 16.1. The molecule has 0 aliphatic heterocycles. The van der Waals surface area contributed by atoms with Gasteiger partial charge in [0.05, 0.1) is 13.2 Å². The number of aliphatic hydroxyl groups excluding tert-OH is 1. The van der Waals surface area contributed by atoms with Crippen molar-refractivity contribution in [2.45, 2.75) is 19.1 Å². The third kappa shape index (κ3) is 6.08. The molecule has 0 saturated heterocycles. The van der Waals surface area contributed by atoms with Crippen molar-refractivity contribution in [3.05, 3.63) is 77.9 Å². The number of aliphatic hydroxyl groups is 1. The van der Waals surface area contributed by atoms with Crippen LogP contribution < -0.4 is 5.32 Å². The van der Waals surface area contributed by atoms with E-state index in [9.17, 15) is 9.90 Å². The van der Waals surface area contributed by atoms with Crippen molar-refractivity contribution in [3.63, 3.8) is 0 Å². The Hall–Kier alpha value is -3.47. The lowest BCUT2D eigenvalue weighted by atomic mass is 10.1. The van der Waals surface area contributed by atoms with Crippen LogP contribution in [0.4, 0.5) is 0 Å². The normalized spacial score (nSPS) is 11.7. The molecule has 0 aromatic heterocycles. The van der Waals surface area contributed by atoms with Crippen LogP contribution in [0.15, 0.2) is 61.2 Å². The SMILES string of the molecule is C=C(N[C@H](C(=O)OC)[C@@H](C)O)c1ccc(C#CC#Cc2ccccc2)cc1. The summed E-state index contributed by atoms with van der Waals surface area (Å²) in [6.07, 6.45) is -0.914. The lowest BCUT2D eigenvalue weighted by molar-refractivity contribution is -0.145. The zero-order valence-electron chi connectivity index (χ0n) is 15.3. The standard InChI is InChI=1S/C23H21NO3/c1-17(24-22(18(2)25)23(26)27-3)21-15-13-20(14-16-21)12-8-7-11-19-9-5-4-6-10-19/h4-6,9-10,13-16,18,22,24-25H,1H2,2-3H3/t18-,22+/m1/s1. The number of benzene rings is 2. The molecule has 0 saturated carbocycles. The first-order valence-electron chi connectivity index (χ1n) is 8.40. The molecule has 2 rings (SSSR count). The Morgan fingerprint density at radius 1 is 1.04 bits per heavy atom. The average molecular weight is 359 g/mol. The van der Waals surface area contributed by atoms with Crippen LogP contribution in [0.5, 0.6) is 0 Å². The van der Waals surface area contributed by atoms with Crippen molar-refractivity contribution in [1.82, 2.24) is 5.32 Å². The number of carbonyl (C=O) groups is 1. The van der Waals surface area contributed by atoms with E-state index >= 15 is 0 Å². The summed E-state index contributed by atoms with van der Waals surface area (Å²) in [6.45, 7) is 5.43. The summed E-state index contributed by atoms with van der Waals surface area (Å²) in [5, 5.41) is 12.6. The Labute approximate surface area is 159 Å². The molecule has 0 spiro atoms. The quantitative estimate of drug-likeness (QED) is 0.636. The zero-order chi connectivity index (χ0) is 19.6. The minimum absolute atomic E-state index is 0.509. The number of methoxy groups -OCH3 is 1. The highest BCUT2D eigenvalue weighted by molar-refractivity contribution is 5.79. The monoisotopic (exact) mass is 359 g/mol. The fourth-order valence-electron chi connectivity index (χ4n) is 2.26. The minimum Gasteiger partial charge on any atom is -0.467 e. The molecule has 4 heteroatoms. The molecular weight excluding hydrogens is 338 g/mol. The van der Waals surface area contributed by atoms with Crippen molar-refractivity contribution < 1.29 is 14.6 Å². The number of hydrogen-bond acceptors (Lipinski definition) is 4. The van der Waals surface area contributed by atoms with Gasteiger partial charge in [0.1, 0.15) is 0 Å². The van der Waals surface area contributed by atoms with Crippen molar-refractivity contribution in [1.29, 1.82) is 0 Å². The number of hydrogen-bond donors (Lipinski definition) is 2. The van der Waals surface area contributed by atoms with Gasteiger partial charge >= 0.3 is 5.97 Å². The number of esters is 1. The molecule has 4 nitrogen and oxygen atoms in total. The van der Waals surface area contributed by atoms with Gasteiger partial charge in [-0.2, -0.15) is 0 Å². The zero-order valence-corrected chi connectivity index (χ0v) is 15.3. The minimum atomic E-state index is -0.914. The van der Waals surface area contributed by atoms with Gasteiger partial charge in [0.15, 0.2) is 6.04 Å². The van der Waals surface area contributed by atoms with Crippen molar-refractivity contribution in [2.75, 3.05) is 7.11 Å². The fraction of sp³-hybridized carbons (Fsp3) is 0.174. The van der Waals surface area contributed by atoms with E-state index in [4.69, 9.17) is 0 Å². The lowest BCUT2D eigenvalue weighted by Gasteiger charge is -2.21. The fourth-order valence-corrected chi connectivity index (χ4v) is 2.26. The van der Waals surface area contributed by atoms with E-state index in [1.807, 2.05) is 54.6 Å². The van der Waals surface area contributed by atoms with Crippen LogP contribution in [-0.2, 0) is 9.53 Å². The second-order valence-corrected chi connectivity index (χ2v) is 5.81. The van der Waals surface area contributed by atoms with Gasteiger partial charge in [0.2, 0.25) is 0 Å². The van der Waals surface area contributed by atoms with Gasteiger partial charge < -0.3 is 15.2 Å². The van der Waals surface area contributed by atoms with Gasteiger partial charge in [0, 0.05) is 16.8 Å². The third-order valence-corrected chi connectivity index (χ3v) is 3.75. The topological polar surface area (TPSA) is 58.6 Å². The Morgan fingerprint density at radius 2 is 1.59 bits per heavy atom. The summed E-state index contributed by atoms with van der Waals surface area (Å²) in [5.41, 5.74) is 3.02. The first kappa shape index (κ1) is 19.8. The Bertz CT molecular complexity index is 907. The van der Waals surface area contributed by atoms with Crippen molar-refractivity contribution in [3.8, 4) is 23.7 Å². The number of carbonyl (C=O) groups excluding carboxylic acids is 1. The number of rotatable bonds is 5. The molecule has 2 N–H and O–H groups in total. The predicted octanol–water partition coefficient (Wildman–Crippen LogP) is 2.57. The highest BCUT2D eigenvalue weighted by atomic mass is 16.5. The highest BCUT2D eigenvalue weighted by Gasteiger charge is 2.24. The van der Waals surface area contributed by atoms with E-state index in [1.54, 1.807) is 0 Å². The van der Waals surface area contributed by atoms with Gasteiger partial charge in [-0.25, -0.2) is 4.79 Å². The summed E-state index contributed by atoms with van der Waals surface area (Å²) in [7, 11) is 1.27. The van der Waals surface area contributed by atoms with Gasteiger partial charge in [-0.1, -0.05) is 48.8 Å². The van der Waals surface area contributed by atoms with Gasteiger partial charge in [-0.05, 0) is 48.6 Å². The summed E-state index contributed by atoms with van der Waals surface area (Å²) in [4.78, 5) is 11.7. The molecule has 0 unspecified atom stereocenters. The molecule has 2 atom stereocenters. The van der Waals surface area contributed by atoms with E-state index in [0.29, 0.717) is 5.70 Å².